The van der Waals surface area contributed by atoms with E-state index in [0.29, 0.717) is 11.3 Å². The Morgan fingerprint density at radius 2 is 1.86 bits per heavy atom. The summed E-state index contributed by atoms with van der Waals surface area (Å²) in [5.74, 6) is 0.0486. The predicted octanol–water partition coefficient (Wildman–Crippen LogP) is 2.82. The maximum Gasteiger partial charge on any atom is 0.176 e. The summed E-state index contributed by atoms with van der Waals surface area (Å²) >= 11 is 0. The van der Waals surface area contributed by atoms with E-state index in [0.717, 1.165) is 18.4 Å². The summed E-state index contributed by atoms with van der Waals surface area (Å²) in [7, 11) is 1.57. The largest absolute Gasteiger partial charge is 0.497 e. The normalized spacial score (nSPS) is 27.0. The molecule has 28 heavy (non-hydrogen) atoms. The molecule has 2 heterocycles. The lowest BCUT2D eigenvalue weighted by Gasteiger charge is -2.30. The summed E-state index contributed by atoms with van der Waals surface area (Å²) < 4.78 is 5.22. The molecule has 0 radical (unpaired) electrons. The number of rotatable bonds is 4. The zero-order valence-electron chi connectivity index (χ0n) is 15.4. The summed E-state index contributed by atoms with van der Waals surface area (Å²) in [5.41, 5.74) is -0.278. The van der Waals surface area contributed by atoms with Gasteiger partial charge in [-0.2, -0.15) is 15.8 Å². The Morgan fingerprint density at radius 1 is 1.18 bits per heavy atom. The third kappa shape index (κ3) is 2.48. The van der Waals surface area contributed by atoms with Gasteiger partial charge >= 0.3 is 0 Å². The van der Waals surface area contributed by atoms with E-state index >= 15 is 0 Å². The Bertz CT molecular complexity index is 985. The fourth-order valence-electron chi connectivity index (χ4n) is 4.36. The van der Waals surface area contributed by atoms with E-state index in [1.807, 2.05) is 12.1 Å². The molecule has 0 bridgehead atoms. The van der Waals surface area contributed by atoms with E-state index in [4.69, 9.17) is 4.74 Å². The van der Waals surface area contributed by atoms with Gasteiger partial charge in [-0.1, -0.05) is 18.2 Å². The Hall–Kier alpha value is -3.56. The number of carbonyl (C=O) groups is 1. The smallest absolute Gasteiger partial charge is 0.176 e. The molecule has 3 atom stereocenters. The highest BCUT2D eigenvalue weighted by Gasteiger charge is 2.63. The second-order valence-corrected chi connectivity index (χ2v) is 7.41. The van der Waals surface area contributed by atoms with Crippen LogP contribution in [0.4, 0.5) is 0 Å². The quantitative estimate of drug-likeness (QED) is 0.808. The van der Waals surface area contributed by atoms with Crippen molar-refractivity contribution in [1.29, 1.82) is 15.8 Å². The van der Waals surface area contributed by atoms with Gasteiger partial charge in [0.05, 0.1) is 36.9 Å². The van der Waals surface area contributed by atoms with Crippen molar-refractivity contribution in [1.82, 2.24) is 4.90 Å². The zero-order chi connectivity index (χ0) is 19.9. The van der Waals surface area contributed by atoms with Gasteiger partial charge in [0.2, 0.25) is 0 Å². The number of allylic oxidation sites excluding steroid dienone is 2. The number of Topliss-reactive ketones (excluding diaryl/α,β-unsaturated/α-hetero) is 1. The van der Waals surface area contributed by atoms with Gasteiger partial charge < -0.3 is 9.64 Å². The monoisotopic (exact) mass is 370 g/mol. The first-order chi connectivity index (χ1) is 13.6. The van der Waals surface area contributed by atoms with Crippen LogP contribution in [0.3, 0.4) is 0 Å². The van der Waals surface area contributed by atoms with Crippen LogP contribution in [0.2, 0.25) is 0 Å². The molecule has 1 saturated carbocycles. The number of nitrogens with zero attached hydrogens (tertiary/aromatic N) is 4. The molecule has 0 N–H and O–H groups in total. The van der Waals surface area contributed by atoms with Gasteiger partial charge in [0.15, 0.2) is 11.2 Å². The first-order valence-corrected chi connectivity index (χ1v) is 9.17. The predicted molar refractivity (Wildman–Crippen MR) is 99.4 cm³/mol. The van der Waals surface area contributed by atoms with Crippen LogP contribution in [0.1, 0.15) is 24.3 Å². The van der Waals surface area contributed by atoms with E-state index in [2.05, 4.69) is 18.2 Å². The van der Waals surface area contributed by atoms with Crippen molar-refractivity contribution in [3.05, 3.63) is 53.8 Å². The second kappa shape index (κ2) is 6.55. The maximum absolute atomic E-state index is 13.3. The Kier molecular flexibility index (Phi) is 4.17. The Morgan fingerprint density at radius 3 is 2.39 bits per heavy atom. The van der Waals surface area contributed by atoms with Gasteiger partial charge in [0.25, 0.3) is 0 Å². The standard InChI is InChI=1S/C22H18N4O2/c1-28-17-7-5-15(6-8-17)19-20(21(27)16-3-4-16)26-11-14(10-23)2-9-18(26)22(19,12-24)13-25/h2,5-9,11,16,18-20H,3-4H2,1H3/t18-,19+,20+/m0/s1. The molecule has 0 amide bonds. The highest BCUT2D eigenvalue weighted by molar-refractivity contribution is 5.90. The van der Waals surface area contributed by atoms with Crippen molar-refractivity contribution in [2.24, 2.45) is 11.3 Å². The molecule has 138 valence electrons. The van der Waals surface area contributed by atoms with Crippen molar-refractivity contribution < 1.29 is 9.53 Å². The summed E-state index contributed by atoms with van der Waals surface area (Å²) in [4.78, 5) is 15.0. The molecular weight excluding hydrogens is 352 g/mol. The maximum atomic E-state index is 13.3. The number of nitriles is 3. The summed E-state index contributed by atoms with van der Waals surface area (Å²) in [6.07, 6.45) is 6.63. The molecule has 0 spiro atoms. The van der Waals surface area contributed by atoms with Crippen LogP contribution in [-0.2, 0) is 4.79 Å². The van der Waals surface area contributed by atoms with Crippen molar-refractivity contribution in [2.45, 2.75) is 30.8 Å². The molecule has 6 heteroatoms. The van der Waals surface area contributed by atoms with Crippen LogP contribution in [0.15, 0.2) is 48.2 Å². The van der Waals surface area contributed by atoms with Crippen LogP contribution in [0.5, 0.6) is 5.75 Å². The molecule has 1 aromatic rings. The number of fused-ring (bicyclic) bond motifs is 1. The van der Waals surface area contributed by atoms with E-state index in [1.54, 1.807) is 42.5 Å². The van der Waals surface area contributed by atoms with Gasteiger partial charge in [0, 0.05) is 18.0 Å². The van der Waals surface area contributed by atoms with E-state index < -0.39 is 23.4 Å². The molecule has 4 rings (SSSR count). The fourth-order valence-corrected chi connectivity index (χ4v) is 4.36. The highest BCUT2D eigenvalue weighted by Crippen LogP contribution is 2.54. The topological polar surface area (TPSA) is 101 Å². The molecular formula is C22H18N4O2. The molecule has 3 aliphatic rings. The van der Waals surface area contributed by atoms with Crippen LogP contribution in [0, 0.1) is 45.3 Å². The van der Waals surface area contributed by atoms with E-state index in [1.165, 1.54) is 0 Å². The lowest BCUT2D eigenvalue weighted by Crippen LogP contribution is -2.40. The SMILES string of the molecule is COc1ccc([C@@H]2[C@H](C(=O)C3CC3)N3C=C(C#N)C=C[C@H]3C2(C#N)C#N)cc1. The number of ketones is 1. The lowest BCUT2D eigenvalue weighted by molar-refractivity contribution is -0.124. The number of carbonyl (C=O) groups excluding carboxylic acids is 1. The van der Waals surface area contributed by atoms with Gasteiger partial charge in [-0.05, 0) is 36.6 Å². The minimum absolute atomic E-state index is 0.0376. The first kappa shape index (κ1) is 17.8. The molecule has 0 unspecified atom stereocenters. The van der Waals surface area contributed by atoms with Gasteiger partial charge in [-0.25, -0.2) is 0 Å². The van der Waals surface area contributed by atoms with E-state index in [-0.39, 0.29) is 11.7 Å². The molecule has 1 saturated heterocycles. The number of ether oxygens (including phenoxy) is 1. The minimum Gasteiger partial charge on any atom is -0.497 e. The number of hydrogen-bond acceptors (Lipinski definition) is 6. The number of methoxy groups -OCH3 is 1. The molecule has 6 nitrogen and oxygen atoms in total. The van der Waals surface area contributed by atoms with E-state index in [9.17, 15) is 20.6 Å². The fraction of sp³-hybridized carbons (Fsp3) is 0.364. The summed E-state index contributed by atoms with van der Waals surface area (Å²) in [6, 6.07) is 12.5. The molecule has 1 aliphatic carbocycles. The van der Waals surface area contributed by atoms with Crippen LogP contribution in [0.25, 0.3) is 0 Å². The van der Waals surface area contributed by atoms with Gasteiger partial charge in [-0.15, -0.1) is 0 Å². The average molecular weight is 370 g/mol. The minimum atomic E-state index is -1.43. The highest BCUT2D eigenvalue weighted by atomic mass is 16.5. The first-order valence-electron chi connectivity index (χ1n) is 9.17. The van der Waals surface area contributed by atoms with Gasteiger partial charge in [0.1, 0.15) is 11.8 Å². The molecule has 1 aromatic carbocycles. The summed E-state index contributed by atoms with van der Waals surface area (Å²) in [6.45, 7) is 0. The van der Waals surface area contributed by atoms with Crippen molar-refractivity contribution in [2.75, 3.05) is 7.11 Å². The lowest BCUT2D eigenvalue weighted by atomic mass is 9.69. The molecule has 2 aliphatic heterocycles. The van der Waals surface area contributed by atoms with Gasteiger partial charge in [-0.3, -0.25) is 4.79 Å². The molecule has 2 fully saturated rings. The average Bonchev–Trinajstić information content (AvgIpc) is 3.55. The van der Waals surface area contributed by atoms with Crippen LogP contribution < -0.4 is 4.74 Å². The number of benzene rings is 1. The van der Waals surface area contributed by atoms with Crippen molar-refractivity contribution >= 4 is 5.78 Å². The Balaban J connectivity index is 1.90. The third-order valence-corrected chi connectivity index (χ3v) is 5.91. The third-order valence-electron chi connectivity index (χ3n) is 5.91. The zero-order valence-corrected chi connectivity index (χ0v) is 15.4. The van der Waals surface area contributed by atoms with Crippen LogP contribution in [-0.4, -0.2) is 29.9 Å². The second-order valence-electron chi connectivity index (χ2n) is 7.41. The Labute approximate surface area is 163 Å². The van der Waals surface area contributed by atoms with Crippen molar-refractivity contribution in [3.8, 4) is 24.0 Å². The summed E-state index contributed by atoms with van der Waals surface area (Å²) in [5, 5.41) is 29.5. The number of hydrogen-bond donors (Lipinski definition) is 0. The van der Waals surface area contributed by atoms with Crippen molar-refractivity contribution in [3.63, 3.8) is 0 Å². The molecule has 0 aromatic heterocycles. The van der Waals surface area contributed by atoms with Crippen LogP contribution >= 0.6 is 0 Å².